The summed E-state index contributed by atoms with van der Waals surface area (Å²) >= 11 is 5.94. The normalized spacial score (nSPS) is 10.3. The van der Waals surface area contributed by atoms with Gasteiger partial charge in [-0.05, 0) is 60.5 Å². The van der Waals surface area contributed by atoms with Crippen LogP contribution in [0.15, 0.2) is 72.8 Å². The number of hydrogen-bond acceptors (Lipinski definition) is 3. The van der Waals surface area contributed by atoms with Crippen molar-refractivity contribution < 1.29 is 14.3 Å². The molecular formula is C23H21ClN2O3. The second kappa shape index (κ2) is 9.75. The number of halogens is 1. The van der Waals surface area contributed by atoms with Gasteiger partial charge >= 0.3 is 0 Å². The molecule has 0 aliphatic carbocycles. The summed E-state index contributed by atoms with van der Waals surface area (Å²) in [7, 11) is 0. The van der Waals surface area contributed by atoms with Gasteiger partial charge in [0, 0.05) is 22.0 Å². The van der Waals surface area contributed by atoms with Gasteiger partial charge in [-0.3, -0.25) is 9.59 Å². The van der Waals surface area contributed by atoms with Crippen LogP contribution in [0.4, 0.5) is 11.4 Å². The quantitative estimate of drug-likeness (QED) is 0.566. The van der Waals surface area contributed by atoms with Gasteiger partial charge in [0.2, 0.25) is 0 Å². The van der Waals surface area contributed by atoms with Crippen molar-refractivity contribution in [3.05, 3.63) is 88.9 Å². The van der Waals surface area contributed by atoms with E-state index < -0.39 is 0 Å². The standard InChI is InChI=1S/C23H21ClN2O3/c1-2-16-6-3-11-21(12-16)29-15-22(27)25-19-9-4-7-17(13-19)23(28)26-20-10-5-8-18(24)14-20/h3-14H,2,15H2,1H3,(H,25,27)(H,26,28). The first-order valence-electron chi connectivity index (χ1n) is 9.22. The summed E-state index contributed by atoms with van der Waals surface area (Å²) in [6, 6.07) is 21.2. The van der Waals surface area contributed by atoms with Crippen LogP contribution >= 0.6 is 11.6 Å². The zero-order valence-electron chi connectivity index (χ0n) is 15.9. The third kappa shape index (κ3) is 6.09. The SMILES string of the molecule is CCc1cccc(OCC(=O)Nc2cccc(C(=O)Nc3cccc(Cl)c3)c2)c1. The van der Waals surface area contributed by atoms with E-state index in [1.54, 1.807) is 48.5 Å². The fraction of sp³-hybridized carbons (Fsp3) is 0.130. The highest BCUT2D eigenvalue weighted by Gasteiger charge is 2.09. The maximum Gasteiger partial charge on any atom is 0.262 e. The largest absolute Gasteiger partial charge is 0.484 e. The Bertz CT molecular complexity index is 1020. The minimum absolute atomic E-state index is 0.119. The van der Waals surface area contributed by atoms with E-state index in [4.69, 9.17) is 16.3 Å². The average Bonchev–Trinajstić information content (AvgIpc) is 2.72. The minimum Gasteiger partial charge on any atom is -0.484 e. The lowest BCUT2D eigenvalue weighted by Gasteiger charge is -2.10. The first-order chi connectivity index (χ1) is 14.0. The number of hydrogen-bond donors (Lipinski definition) is 2. The summed E-state index contributed by atoms with van der Waals surface area (Å²) in [6.07, 6.45) is 0.896. The van der Waals surface area contributed by atoms with Gasteiger partial charge < -0.3 is 15.4 Å². The Balaban J connectivity index is 1.58. The van der Waals surface area contributed by atoms with Gasteiger partial charge in [0.25, 0.3) is 11.8 Å². The van der Waals surface area contributed by atoms with Gasteiger partial charge in [0.15, 0.2) is 6.61 Å². The lowest BCUT2D eigenvalue weighted by Crippen LogP contribution is -2.20. The Morgan fingerprint density at radius 2 is 1.62 bits per heavy atom. The molecule has 3 aromatic carbocycles. The van der Waals surface area contributed by atoms with Crippen LogP contribution < -0.4 is 15.4 Å². The fourth-order valence-corrected chi connectivity index (χ4v) is 2.90. The maximum absolute atomic E-state index is 12.4. The van der Waals surface area contributed by atoms with Crippen LogP contribution in [0.25, 0.3) is 0 Å². The Kier molecular flexibility index (Phi) is 6.87. The first kappa shape index (κ1) is 20.4. The number of ether oxygens (including phenoxy) is 1. The molecule has 0 aliphatic heterocycles. The molecule has 0 spiro atoms. The van der Waals surface area contributed by atoms with Crippen LogP contribution in [-0.4, -0.2) is 18.4 Å². The summed E-state index contributed by atoms with van der Waals surface area (Å²) in [5.74, 6) is 0.0458. The molecule has 5 nitrogen and oxygen atoms in total. The van der Waals surface area contributed by atoms with Crippen LogP contribution in [0.5, 0.6) is 5.75 Å². The van der Waals surface area contributed by atoms with Crippen LogP contribution in [0.1, 0.15) is 22.8 Å². The molecule has 0 fully saturated rings. The van der Waals surface area contributed by atoms with Crippen molar-refractivity contribution in [2.24, 2.45) is 0 Å². The molecule has 3 aromatic rings. The van der Waals surface area contributed by atoms with Gasteiger partial charge in [0.05, 0.1) is 0 Å². The van der Waals surface area contributed by atoms with E-state index >= 15 is 0 Å². The van der Waals surface area contributed by atoms with Gasteiger partial charge in [-0.1, -0.05) is 42.8 Å². The Labute approximate surface area is 174 Å². The molecular weight excluding hydrogens is 388 g/mol. The molecule has 0 saturated carbocycles. The molecule has 0 saturated heterocycles. The Morgan fingerprint density at radius 1 is 0.897 bits per heavy atom. The number of carbonyl (C=O) groups excluding carboxylic acids is 2. The topological polar surface area (TPSA) is 67.4 Å². The van der Waals surface area contributed by atoms with Crippen molar-refractivity contribution in [1.82, 2.24) is 0 Å². The van der Waals surface area contributed by atoms with E-state index in [0.717, 1.165) is 12.0 Å². The molecule has 29 heavy (non-hydrogen) atoms. The zero-order chi connectivity index (χ0) is 20.6. The number of anilines is 2. The van der Waals surface area contributed by atoms with E-state index in [2.05, 4.69) is 17.6 Å². The third-order valence-electron chi connectivity index (χ3n) is 4.17. The number of nitrogens with one attached hydrogen (secondary N) is 2. The van der Waals surface area contributed by atoms with Crippen molar-refractivity contribution in [2.45, 2.75) is 13.3 Å². The zero-order valence-corrected chi connectivity index (χ0v) is 16.7. The van der Waals surface area contributed by atoms with E-state index in [9.17, 15) is 9.59 Å². The second-order valence-electron chi connectivity index (χ2n) is 6.38. The van der Waals surface area contributed by atoms with E-state index in [1.165, 1.54) is 0 Å². The van der Waals surface area contributed by atoms with E-state index in [-0.39, 0.29) is 18.4 Å². The van der Waals surface area contributed by atoms with Gasteiger partial charge in [0.1, 0.15) is 5.75 Å². The van der Waals surface area contributed by atoms with Crippen LogP contribution in [-0.2, 0) is 11.2 Å². The van der Waals surface area contributed by atoms with Gasteiger partial charge in [-0.15, -0.1) is 0 Å². The molecule has 148 valence electrons. The van der Waals surface area contributed by atoms with Crippen LogP contribution in [0, 0.1) is 0 Å². The van der Waals surface area contributed by atoms with Crippen molar-refractivity contribution in [3.8, 4) is 5.75 Å². The smallest absolute Gasteiger partial charge is 0.262 e. The summed E-state index contributed by atoms with van der Waals surface area (Å²) in [6.45, 7) is 1.94. The van der Waals surface area contributed by atoms with Crippen molar-refractivity contribution in [2.75, 3.05) is 17.2 Å². The van der Waals surface area contributed by atoms with Gasteiger partial charge in [-0.25, -0.2) is 0 Å². The lowest BCUT2D eigenvalue weighted by molar-refractivity contribution is -0.118. The second-order valence-corrected chi connectivity index (χ2v) is 6.82. The molecule has 0 unspecified atom stereocenters. The average molecular weight is 409 g/mol. The lowest BCUT2D eigenvalue weighted by atomic mass is 10.1. The highest BCUT2D eigenvalue weighted by molar-refractivity contribution is 6.31. The third-order valence-corrected chi connectivity index (χ3v) is 4.40. The Hall–Kier alpha value is -3.31. The molecule has 0 atom stereocenters. The summed E-state index contributed by atoms with van der Waals surface area (Å²) in [5, 5.41) is 6.06. The predicted octanol–water partition coefficient (Wildman–Crippen LogP) is 5.17. The number of amides is 2. The van der Waals surface area contributed by atoms with Crippen LogP contribution in [0.2, 0.25) is 5.02 Å². The predicted molar refractivity (Wildman–Crippen MR) is 116 cm³/mol. The number of aryl methyl sites for hydroxylation is 1. The summed E-state index contributed by atoms with van der Waals surface area (Å²) < 4.78 is 5.55. The summed E-state index contributed by atoms with van der Waals surface area (Å²) in [4.78, 5) is 24.6. The van der Waals surface area contributed by atoms with Gasteiger partial charge in [-0.2, -0.15) is 0 Å². The van der Waals surface area contributed by atoms with Crippen molar-refractivity contribution >= 4 is 34.8 Å². The van der Waals surface area contributed by atoms with E-state index in [0.29, 0.717) is 27.7 Å². The number of rotatable bonds is 7. The molecule has 6 heteroatoms. The monoisotopic (exact) mass is 408 g/mol. The molecule has 0 heterocycles. The molecule has 0 radical (unpaired) electrons. The minimum atomic E-state index is -0.306. The van der Waals surface area contributed by atoms with Crippen molar-refractivity contribution in [1.29, 1.82) is 0 Å². The molecule has 0 bridgehead atoms. The number of benzene rings is 3. The molecule has 0 aliphatic rings. The van der Waals surface area contributed by atoms with Crippen LogP contribution in [0.3, 0.4) is 0 Å². The first-order valence-corrected chi connectivity index (χ1v) is 9.60. The highest BCUT2D eigenvalue weighted by Crippen LogP contribution is 2.18. The highest BCUT2D eigenvalue weighted by atomic mass is 35.5. The molecule has 2 amide bonds. The van der Waals surface area contributed by atoms with Crippen molar-refractivity contribution in [3.63, 3.8) is 0 Å². The Morgan fingerprint density at radius 3 is 2.38 bits per heavy atom. The molecule has 3 rings (SSSR count). The number of carbonyl (C=O) groups is 2. The molecule has 0 aromatic heterocycles. The maximum atomic E-state index is 12.4. The van der Waals surface area contributed by atoms with E-state index in [1.807, 2.05) is 24.3 Å². The summed E-state index contributed by atoms with van der Waals surface area (Å²) in [5.41, 5.74) is 2.67. The fourth-order valence-electron chi connectivity index (χ4n) is 2.71. The molecule has 2 N–H and O–H groups in total.